The van der Waals surface area contributed by atoms with Crippen molar-refractivity contribution in [2.45, 2.75) is 62.6 Å². The standard InChI is InChI=1S/C14H16N2O6/c15-9-13(5-1-2-6-13)19-11(17)21-22-12(18)20-14(10-16)7-3-4-8-14/h1-8H2. The minimum Gasteiger partial charge on any atom is -0.410 e. The van der Waals surface area contributed by atoms with Gasteiger partial charge in [0.15, 0.2) is 0 Å². The van der Waals surface area contributed by atoms with Crippen LogP contribution in [0.4, 0.5) is 9.59 Å². The van der Waals surface area contributed by atoms with E-state index in [1.54, 1.807) is 0 Å². The molecular formula is C14H16N2O6. The van der Waals surface area contributed by atoms with Crippen LogP contribution in [-0.4, -0.2) is 23.5 Å². The molecule has 0 N–H and O–H groups in total. The van der Waals surface area contributed by atoms with Crippen LogP contribution in [-0.2, 0) is 19.2 Å². The lowest BCUT2D eigenvalue weighted by Crippen LogP contribution is -2.33. The molecule has 22 heavy (non-hydrogen) atoms. The van der Waals surface area contributed by atoms with Gasteiger partial charge in [-0.3, -0.25) is 0 Å². The molecule has 8 nitrogen and oxygen atoms in total. The minimum absolute atomic E-state index is 0.417. The first-order valence-electron chi connectivity index (χ1n) is 7.16. The van der Waals surface area contributed by atoms with Crippen LogP contribution < -0.4 is 0 Å². The Morgan fingerprint density at radius 3 is 1.32 bits per heavy atom. The molecule has 2 rings (SSSR count). The van der Waals surface area contributed by atoms with Crippen LogP contribution in [0.3, 0.4) is 0 Å². The van der Waals surface area contributed by atoms with Gasteiger partial charge in [0.1, 0.15) is 12.1 Å². The van der Waals surface area contributed by atoms with Crippen molar-refractivity contribution in [2.75, 3.05) is 0 Å². The highest BCUT2D eigenvalue weighted by molar-refractivity contribution is 5.64. The number of carbonyl (C=O) groups excluding carboxylic acids is 2. The predicted molar refractivity (Wildman–Crippen MR) is 68.8 cm³/mol. The first-order chi connectivity index (χ1) is 10.5. The van der Waals surface area contributed by atoms with E-state index in [-0.39, 0.29) is 0 Å². The second kappa shape index (κ2) is 6.52. The Kier molecular flexibility index (Phi) is 4.71. The molecule has 0 amide bonds. The number of rotatable bonds is 2. The highest BCUT2D eigenvalue weighted by Gasteiger charge is 2.41. The van der Waals surface area contributed by atoms with E-state index in [4.69, 9.17) is 20.0 Å². The molecule has 0 bridgehead atoms. The molecule has 0 radical (unpaired) electrons. The van der Waals surface area contributed by atoms with Crippen LogP contribution in [0.15, 0.2) is 0 Å². The molecule has 0 aromatic heterocycles. The monoisotopic (exact) mass is 308 g/mol. The molecule has 0 atom stereocenters. The van der Waals surface area contributed by atoms with Gasteiger partial charge in [0.2, 0.25) is 11.2 Å². The SMILES string of the molecule is N#CC1(OC(=O)OOC(=O)OC2(C#N)CCCC2)CCCC1. The molecular weight excluding hydrogens is 292 g/mol. The third kappa shape index (κ3) is 3.59. The van der Waals surface area contributed by atoms with E-state index in [2.05, 4.69) is 9.78 Å². The van der Waals surface area contributed by atoms with Gasteiger partial charge in [-0.15, -0.1) is 0 Å². The Bertz CT molecular complexity index is 472. The van der Waals surface area contributed by atoms with Crippen LogP contribution in [0.25, 0.3) is 0 Å². The molecule has 0 aromatic carbocycles. The number of ether oxygens (including phenoxy) is 2. The van der Waals surface area contributed by atoms with E-state index in [1.807, 2.05) is 12.1 Å². The van der Waals surface area contributed by atoms with Gasteiger partial charge in [-0.05, 0) is 25.7 Å². The summed E-state index contributed by atoms with van der Waals surface area (Å²) >= 11 is 0. The van der Waals surface area contributed by atoms with Crippen LogP contribution in [0.1, 0.15) is 51.4 Å². The van der Waals surface area contributed by atoms with Gasteiger partial charge in [-0.1, -0.05) is 0 Å². The van der Waals surface area contributed by atoms with Gasteiger partial charge >= 0.3 is 12.3 Å². The first-order valence-corrected chi connectivity index (χ1v) is 7.16. The normalized spacial score (nSPS) is 21.2. The van der Waals surface area contributed by atoms with E-state index in [9.17, 15) is 9.59 Å². The number of carbonyl (C=O) groups is 2. The molecule has 0 heterocycles. The summed E-state index contributed by atoms with van der Waals surface area (Å²) in [5.41, 5.74) is -2.44. The fourth-order valence-corrected chi connectivity index (χ4v) is 2.79. The summed E-state index contributed by atoms with van der Waals surface area (Å²) in [4.78, 5) is 31.3. The minimum atomic E-state index is -1.28. The molecule has 2 fully saturated rings. The Morgan fingerprint density at radius 1 is 0.727 bits per heavy atom. The summed E-state index contributed by atoms with van der Waals surface area (Å²) in [7, 11) is 0. The average molecular weight is 308 g/mol. The lowest BCUT2D eigenvalue weighted by Gasteiger charge is -2.20. The Morgan fingerprint density at radius 2 is 1.05 bits per heavy atom. The van der Waals surface area contributed by atoms with Gasteiger partial charge in [0.25, 0.3) is 0 Å². The highest BCUT2D eigenvalue weighted by Crippen LogP contribution is 2.34. The Hall–Kier alpha value is -2.48. The molecule has 2 aliphatic carbocycles. The third-order valence-corrected chi connectivity index (χ3v) is 3.97. The first kappa shape index (κ1) is 15.9. The zero-order chi connectivity index (χ0) is 16.1. The molecule has 118 valence electrons. The molecule has 0 aromatic rings. The average Bonchev–Trinajstić information content (AvgIpc) is 3.16. The van der Waals surface area contributed by atoms with Crippen molar-refractivity contribution in [1.29, 1.82) is 10.5 Å². The van der Waals surface area contributed by atoms with E-state index >= 15 is 0 Å². The maximum absolute atomic E-state index is 11.5. The molecule has 2 aliphatic rings. The molecule has 0 spiro atoms. The quantitative estimate of drug-likeness (QED) is 0.434. The Balaban J connectivity index is 1.78. The van der Waals surface area contributed by atoms with Crippen molar-refractivity contribution < 1.29 is 28.8 Å². The van der Waals surface area contributed by atoms with Crippen molar-refractivity contribution in [1.82, 2.24) is 0 Å². The number of hydrogen-bond donors (Lipinski definition) is 0. The molecule has 0 aliphatic heterocycles. The van der Waals surface area contributed by atoms with E-state index in [0.29, 0.717) is 25.7 Å². The second-order valence-electron chi connectivity index (χ2n) is 5.50. The van der Waals surface area contributed by atoms with E-state index < -0.39 is 23.5 Å². The second-order valence-corrected chi connectivity index (χ2v) is 5.50. The molecule has 2 saturated carbocycles. The van der Waals surface area contributed by atoms with Gasteiger partial charge in [-0.2, -0.15) is 29.9 Å². The molecule has 8 heteroatoms. The number of nitrogens with zero attached hydrogens (tertiary/aromatic N) is 2. The summed E-state index contributed by atoms with van der Waals surface area (Å²) in [6.07, 6.45) is 2.20. The van der Waals surface area contributed by atoms with E-state index in [0.717, 1.165) is 25.7 Å². The predicted octanol–water partition coefficient (Wildman–Crippen LogP) is 2.88. The lowest BCUT2D eigenvalue weighted by molar-refractivity contribution is -0.230. The van der Waals surface area contributed by atoms with Gasteiger partial charge in [-0.25, -0.2) is 0 Å². The lowest BCUT2D eigenvalue weighted by atomic mass is 10.1. The summed E-state index contributed by atoms with van der Waals surface area (Å²) in [5.74, 6) is 0. The van der Waals surface area contributed by atoms with Crippen molar-refractivity contribution in [3.05, 3.63) is 0 Å². The summed E-state index contributed by atoms with van der Waals surface area (Å²) in [6.45, 7) is 0. The maximum atomic E-state index is 11.5. The van der Waals surface area contributed by atoms with Gasteiger partial charge in [0.05, 0.1) is 0 Å². The van der Waals surface area contributed by atoms with Crippen molar-refractivity contribution >= 4 is 12.3 Å². The summed E-state index contributed by atoms with van der Waals surface area (Å²) in [6, 6.07) is 3.86. The topological polar surface area (TPSA) is 119 Å². The van der Waals surface area contributed by atoms with Crippen LogP contribution >= 0.6 is 0 Å². The summed E-state index contributed by atoms with van der Waals surface area (Å²) < 4.78 is 9.80. The van der Waals surface area contributed by atoms with E-state index in [1.165, 1.54) is 0 Å². The van der Waals surface area contributed by atoms with Crippen LogP contribution in [0.5, 0.6) is 0 Å². The van der Waals surface area contributed by atoms with Crippen molar-refractivity contribution in [3.8, 4) is 12.1 Å². The highest BCUT2D eigenvalue weighted by atomic mass is 17.3. The third-order valence-electron chi connectivity index (χ3n) is 3.97. The van der Waals surface area contributed by atoms with Gasteiger partial charge < -0.3 is 9.47 Å². The maximum Gasteiger partial charge on any atom is 0.551 e. The number of hydrogen-bond acceptors (Lipinski definition) is 8. The zero-order valence-electron chi connectivity index (χ0n) is 12.0. The molecule has 0 saturated heterocycles. The zero-order valence-corrected chi connectivity index (χ0v) is 12.0. The smallest absolute Gasteiger partial charge is 0.410 e. The fourth-order valence-electron chi connectivity index (χ4n) is 2.79. The molecule has 0 unspecified atom stereocenters. The van der Waals surface area contributed by atoms with Crippen molar-refractivity contribution in [2.24, 2.45) is 0 Å². The Labute approximate surface area is 127 Å². The van der Waals surface area contributed by atoms with Crippen LogP contribution in [0, 0.1) is 22.7 Å². The largest absolute Gasteiger partial charge is 0.551 e. The summed E-state index contributed by atoms with van der Waals surface area (Å²) in [5, 5.41) is 18.1. The van der Waals surface area contributed by atoms with Crippen molar-refractivity contribution in [3.63, 3.8) is 0 Å². The van der Waals surface area contributed by atoms with Gasteiger partial charge in [0, 0.05) is 25.7 Å². The fraction of sp³-hybridized carbons (Fsp3) is 0.714. The number of nitriles is 2. The van der Waals surface area contributed by atoms with Crippen LogP contribution in [0.2, 0.25) is 0 Å².